The number of amides is 1. The van der Waals surface area contributed by atoms with Crippen LogP contribution in [0.1, 0.15) is 20.3 Å². The molecule has 1 amide bonds. The third-order valence-electron chi connectivity index (χ3n) is 2.30. The Morgan fingerprint density at radius 3 is 2.45 bits per heavy atom. The van der Waals surface area contributed by atoms with Gasteiger partial charge in [-0.15, -0.1) is 0 Å². The first-order valence-corrected chi connectivity index (χ1v) is 8.48. The predicted molar refractivity (Wildman–Crippen MR) is 79.7 cm³/mol. The van der Waals surface area contributed by atoms with Gasteiger partial charge in [-0.25, -0.2) is 13.1 Å². The number of hydrogen-bond acceptors (Lipinski definition) is 4. The first-order chi connectivity index (χ1) is 9.31. The molecule has 0 aliphatic heterocycles. The van der Waals surface area contributed by atoms with Crippen LogP contribution in [-0.4, -0.2) is 27.5 Å². The molecule has 0 saturated heterocycles. The Kier molecular flexibility index (Phi) is 6.64. The molecule has 0 saturated carbocycles. The lowest BCUT2D eigenvalue weighted by molar-refractivity contribution is -0.120. The first-order valence-electron chi connectivity index (χ1n) is 6.20. The standard InChI is InChI=1S/C13H18BrNO4S/c1-10(2)9-19-8-7-13(16)15-20(17,18)12-5-3-11(14)4-6-12/h3-6,10H,7-9H2,1-2H3,(H,15,16). The molecule has 0 aliphatic carbocycles. The summed E-state index contributed by atoms with van der Waals surface area (Å²) >= 11 is 3.22. The highest BCUT2D eigenvalue weighted by Crippen LogP contribution is 2.14. The molecule has 0 atom stereocenters. The summed E-state index contributed by atoms with van der Waals surface area (Å²) in [5, 5.41) is 0. The second-order valence-corrected chi connectivity index (χ2v) is 7.30. The highest BCUT2D eigenvalue weighted by atomic mass is 79.9. The fourth-order valence-electron chi connectivity index (χ4n) is 1.36. The Labute approximate surface area is 127 Å². The molecule has 0 radical (unpaired) electrons. The van der Waals surface area contributed by atoms with Crippen molar-refractivity contribution in [2.75, 3.05) is 13.2 Å². The number of carbonyl (C=O) groups excluding carboxylic acids is 1. The van der Waals surface area contributed by atoms with Crippen LogP contribution in [0.25, 0.3) is 0 Å². The second-order valence-electron chi connectivity index (χ2n) is 4.70. The van der Waals surface area contributed by atoms with Crippen molar-refractivity contribution in [2.45, 2.75) is 25.2 Å². The van der Waals surface area contributed by atoms with Crippen LogP contribution in [0.15, 0.2) is 33.6 Å². The van der Waals surface area contributed by atoms with E-state index in [1.54, 1.807) is 12.1 Å². The van der Waals surface area contributed by atoms with Gasteiger partial charge in [0.15, 0.2) is 0 Å². The normalized spacial score (nSPS) is 11.6. The SMILES string of the molecule is CC(C)COCCC(=O)NS(=O)(=O)c1ccc(Br)cc1. The number of sulfonamides is 1. The van der Waals surface area contributed by atoms with E-state index in [0.29, 0.717) is 12.5 Å². The minimum atomic E-state index is -3.81. The van der Waals surface area contributed by atoms with Gasteiger partial charge in [-0.3, -0.25) is 4.79 Å². The maximum Gasteiger partial charge on any atom is 0.264 e. The topological polar surface area (TPSA) is 72.5 Å². The van der Waals surface area contributed by atoms with Crippen molar-refractivity contribution in [1.82, 2.24) is 4.72 Å². The Balaban J connectivity index is 2.50. The molecule has 1 aromatic rings. The van der Waals surface area contributed by atoms with E-state index in [2.05, 4.69) is 15.9 Å². The Hall–Kier alpha value is -0.920. The zero-order valence-corrected chi connectivity index (χ0v) is 13.8. The van der Waals surface area contributed by atoms with Gasteiger partial charge in [0.1, 0.15) is 0 Å². The molecular weight excluding hydrogens is 346 g/mol. The van der Waals surface area contributed by atoms with Crippen LogP contribution in [0.5, 0.6) is 0 Å². The van der Waals surface area contributed by atoms with Crippen LogP contribution in [0, 0.1) is 5.92 Å². The van der Waals surface area contributed by atoms with Crippen molar-refractivity contribution >= 4 is 31.9 Å². The lowest BCUT2D eigenvalue weighted by Gasteiger charge is -2.08. The molecule has 1 N–H and O–H groups in total. The van der Waals surface area contributed by atoms with Crippen LogP contribution in [0.2, 0.25) is 0 Å². The van der Waals surface area contributed by atoms with Crippen molar-refractivity contribution in [3.8, 4) is 0 Å². The summed E-state index contributed by atoms with van der Waals surface area (Å²) < 4.78 is 31.8. The number of halogens is 1. The summed E-state index contributed by atoms with van der Waals surface area (Å²) in [6.45, 7) is 4.75. The average molecular weight is 364 g/mol. The van der Waals surface area contributed by atoms with E-state index in [0.717, 1.165) is 4.47 Å². The van der Waals surface area contributed by atoms with Crippen LogP contribution in [0.4, 0.5) is 0 Å². The lowest BCUT2D eigenvalue weighted by atomic mass is 10.2. The van der Waals surface area contributed by atoms with Gasteiger partial charge >= 0.3 is 0 Å². The summed E-state index contributed by atoms with van der Waals surface area (Å²) in [6.07, 6.45) is 0.0163. The van der Waals surface area contributed by atoms with Crippen LogP contribution in [0.3, 0.4) is 0 Å². The largest absolute Gasteiger partial charge is 0.381 e. The summed E-state index contributed by atoms with van der Waals surface area (Å²) in [5.41, 5.74) is 0. The first kappa shape index (κ1) is 17.1. The predicted octanol–water partition coefficient (Wildman–Crippen LogP) is 2.32. The molecular formula is C13H18BrNO4S. The number of rotatable bonds is 7. The van der Waals surface area contributed by atoms with Gasteiger partial charge < -0.3 is 4.74 Å². The monoisotopic (exact) mass is 363 g/mol. The van der Waals surface area contributed by atoms with Gasteiger partial charge in [0.25, 0.3) is 10.0 Å². The molecule has 0 aliphatic rings. The molecule has 0 spiro atoms. The van der Waals surface area contributed by atoms with Crippen molar-refractivity contribution in [3.63, 3.8) is 0 Å². The van der Waals surface area contributed by atoms with E-state index in [-0.39, 0.29) is 17.9 Å². The van der Waals surface area contributed by atoms with E-state index in [9.17, 15) is 13.2 Å². The molecule has 0 heterocycles. The molecule has 0 fully saturated rings. The number of nitrogens with one attached hydrogen (secondary N) is 1. The third-order valence-corrected chi connectivity index (χ3v) is 4.21. The van der Waals surface area contributed by atoms with Crippen molar-refractivity contribution in [3.05, 3.63) is 28.7 Å². The quantitative estimate of drug-likeness (QED) is 0.754. The van der Waals surface area contributed by atoms with Crippen LogP contribution < -0.4 is 4.72 Å². The zero-order chi connectivity index (χ0) is 15.2. The Bertz CT molecular complexity index is 540. The number of benzene rings is 1. The third kappa shape index (κ3) is 6.02. The molecule has 7 heteroatoms. The molecule has 5 nitrogen and oxygen atoms in total. The van der Waals surface area contributed by atoms with Gasteiger partial charge in [-0.2, -0.15) is 0 Å². The number of carbonyl (C=O) groups is 1. The fraction of sp³-hybridized carbons (Fsp3) is 0.462. The van der Waals surface area contributed by atoms with Gasteiger partial charge in [-0.1, -0.05) is 29.8 Å². The highest BCUT2D eigenvalue weighted by Gasteiger charge is 2.17. The summed E-state index contributed by atoms with van der Waals surface area (Å²) in [7, 11) is -3.81. The molecule has 112 valence electrons. The van der Waals surface area contributed by atoms with Crippen molar-refractivity contribution in [2.24, 2.45) is 5.92 Å². The Morgan fingerprint density at radius 1 is 1.30 bits per heavy atom. The second kappa shape index (κ2) is 7.75. The minimum absolute atomic E-state index is 0.0163. The van der Waals surface area contributed by atoms with Crippen LogP contribution >= 0.6 is 15.9 Å². The summed E-state index contributed by atoms with van der Waals surface area (Å²) in [4.78, 5) is 11.6. The van der Waals surface area contributed by atoms with Gasteiger partial charge in [-0.05, 0) is 30.2 Å². The van der Waals surface area contributed by atoms with Gasteiger partial charge in [0.2, 0.25) is 5.91 Å². The van der Waals surface area contributed by atoms with E-state index in [1.165, 1.54) is 12.1 Å². The van der Waals surface area contributed by atoms with E-state index < -0.39 is 15.9 Å². The molecule has 20 heavy (non-hydrogen) atoms. The average Bonchev–Trinajstić information content (AvgIpc) is 2.34. The highest BCUT2D eigenvalue weighted by molar-refractivity contribution is 9.10. The van der Waals surface area contributed by atoms with E-state index in [4.69, 9.17) is 4.74 Å². The molecule has 1 aromatic carbocycles. The van der Waals surface area contributed by atoms with E-state index in [1.807, 2.05) is 18.6 Å². The summed E-state index contributed by atoms with van der Waals surface area (Å²) in [5.74, 6) is -0.193. The summed E-state index contributed by atoms with van der Waals surface area (Å²) in [6, 6.07) is 6.06. The number of ether oxygens (including phenoxy) is 1. The van der Waals surface area contributed by atoms with Gasteiger partial charge in [0, 0.05) is 11.1 Å². The maximum atomic E-state index is 11.9. The zero-order valence-electron chi connectivity index (χ0n) is 11.4. The molecule has 0 aromatic heterocycles. The molecule has 1 rings (SSSR count). The smallest absolute Gasteiger partial charge is 0.264 e. The van der Waals surface area contributed by atoms with Crippen molar-refractivity contribution < 1.29 is 17.9 Å². The van der Waals surface area contributed by atoms with Crippen LogP contribution in [-0.2, 0) is 19.6 Å². The van der Waals surface area contributed by atoms with E-state index >= 15 is 0 Å². The lowest BCUT2D eigenvalue weighted by Crippen LogP contribution is -2.31. The minimum Gasteiger partial charge on any atom is -0.381 e. The molecule has 0 bridgehead atoms. The molecule has 0 unspecified atom stereocenters. The van der Waals surface area contributed by atoms with Crippen molar-refractivity contribution in [1.29, 1.82) is 0 Å². The maximum absolute atomic E-state index is 11.9. The Morgan fingerprint density at radius 2 is 1.90 bits per heavy atom. The number of hydrogen-bond donors (Lipinski definition) is 1. The fourth-order valence-corrected chi connectivity index (χ4v) is 2.64. The van der Waals surface area contributed by atoms with Gasteiger partial charge in [0.05, 0.1) is 17.9 Å².